The maximum atomic E-state index is 6.22. The molecule has 0 aromatic heterocycles. The number of hydrogen-bond donors (Lipinski definition) is 1. The first-order chi connectivity index (χ1) is 11.1. The molecule has 4 rings (SSSR count). The molecule has 120 valence electrons. The Morgan fingerprint density at radius 1 is 1.13 bits per heavy atom. The minimum atomic E-state index is -0.0968. The third-order valence-corrected chi connectivity index (χ3v) is 5.26. The van der Waals surface area contributed by atoms with Crippen molar-refractivity contribution in [2.75, 3.05) is 24.0 Å². The zero-order chi connectivity index (χ0) is 16.0. The summed E-state index contributed by atoms with van der Waals surface area (Å²) < 4.78 is 11.0. The lowest BCUT2D eigenvalue weighted by Gasteiger charge is -2.38. The lowest BCUT2D eigenvalue weighted by atomic mass is 9.88. The van der Waals surface area contributed by atoms with Gasteiger partial charge in [-0.05, 0) is 55.7 Å². The third kappa shape index (κ3) is 2.29. The van der Waals surface area contributed by atoms with Crippen molar-refractivity contribution < 1.29 is 9.47 Å². The van der Waals surface area contributed by atoms with E-state index in [2.05, 4.69) is 24.0 Å². The molecule has 0 saturated carbocycles. The van der Waals surface area contributed by atoms with Crippen molar-refractivity contribution in [1.29, 1.82) is 0 Å². The molecule has 0 aliphatic carbocycles. The molecule has 4 nitrogen and oxygen atoms in total. The minimum absolute atomic E-state index is 0.0968. The number of rotatable bonds is 2. The van der Waals surface area contributed by atoms with Crippen LogP contribution in [0.25, 0.3) is 0 Å². The molecule has 2 aromatic carbocycles. The Kier molecular flexibility index (Phi) is 3.31. The smallest absolute Gasteiger partial charge is 0.231 e. The first-order valence-electron chi connectivity index (χ1n) is 7.81. The van der Waals surface area contributed by atoms with Gasteiger partial charge in [-0.2, -0.15) is 0 Å². The van der Waals surface area contributed by atoms with Crippen molar-refractivity contribution in [2.45, 2.75) is 25.3 Å². The van der Waals surface area contributed by atoms with Crippen molar-refractivity contribution in [3.05, 3.63) is 47.0 Å². The molecule has 2 aromatic rings. The molecule has 23 heavy (non-hydrogen) atoms. The average Bonchev–Trinajstić information content (AvgIpc) is 3.16. The van der Waals surface area contributed by atoms with Gasteiger partial charge < -0.3 is 20.1 Å². The highest BCUT2D eigenvalue weighted by Crippen LogP contribution is 2.45. The zero-order valence-electron chi connectivity index (χ0n) is 13.0. The van der Waals surface area contributed by atoms with Gasteiger partial charge in [0.2, 0.25) is 6.79 Å². The number of halogens is 1. The van der Waals surface area contributed by atoms with E-state index in [1.54, 1.807) is 0 Å². The molecule has 1 fully saturated rings. The van der Waals surface area contributed by atoms with Gasteiger partial charge in [-0.1, -0.05) is 17.7 Å². The summed E-state index contributed by atoms with van der Waals surface area (Å²) in [6.07, 6.45) is 2.21. The van der Waals surface area contributed by atoms with Gasteiger partial charge in [0.15, 0.2) is 11.5 Å². The van der Waals surface area contributed by atoms with Crippen LogP contribution in [0.4, 0.5) is 11.4 Å². The van der Waals surface area contributed by atoms with Crippen LogP contribution in [0.15, 0.2) is 36.4 Å². The monoisotopic (exact) mass is 330 g/mol. The fraction of sp³-hybridized carbons (Fsp3) is 0.333. The lowest BCUT2D eigenvalue weighted by Crippen LogP contribution is -2.38. The number of hydrogen-bond acceptors (Lipinski definition) is 4. The highest BCUT2D eigenvalue weighted by Gasteiger charge is 2.39. The molecule has 0 radical (unpaired) electrons. The average molecular weight is 331 g/mol. The second-order valence-corrected chi connectivity index (χ2v) is 6.71. The van der Waals surface area contributed by atoms with Crippen LogP contribution in [0.5, 0.6) is 11.5 Å². The van der Waals surface area contributed by atoms with Crippen molar-refractivity contribution in [2.24, 2.45) is 0 Å². The van der Waals surface area contributed by atoms with Crippen molar-refractivity contribution in [3.63, 3.8) is 0 Å². The predicted octanol–water partition coefficient (Wildman–Crippen LogP) is 4.17. The Balaban J connectivity index is 1.74. The number of fused-ring (bicyclic) bond motifs is 1. The summed E-state index contributed by atoms with van der Waals surface area (Å²) in [5.74, 6) is 1.64. The van der Waals surface area contributed by atoms with E-state index in [0.717, 1.165) is 36.6 Å². The highest BCUT2D eigenvalue weighted by atomic mass is 35.5. The molecule has 2 aliphatic rings. The Morgan fingerprint density at radius 2 is 1.96 bits per heavy atom. The SMILES string of the molecule is CC1(c2ccc3c(c2)OCO3)CCCN1c1ccc(N)c(Cl)c1. The molecule has 0 amide bonds. The van der Waals surface area contributed by atoms with E-state index in [4.69, 9.17) is 26.8 Å². The Morgan fingerprint density at radius 3 is 2.78 bits per heavy atom. The number of nitrogens with zero attached hydrogens (tertiary/aromatic N) is 1. The molecule has 1 unspecified atom stereocenters. The lowest BCUT2D eigenvalue weighted by molar-refractivity contribution is 0.174. The Bertz CT molecular complexity index is 765. The minimum Gasteiger partial charge on any atom is -0.454 e. The highest BCUT2D eigenvalue weighted by molar-refractivity contribution is 6.33. The number of ether oxygens (including phenoxy) is 2. The van der Waals surface area contributed by atoms with E-state index in [9.17, 15) is 0 Å². The summed E-state index contributed by atoms with van der Waals surface area (Å²) >= 11 is 6.22. The van der Waals surface area contributed by atoms with Gasteiger partial charge in [-0.15, -0.1) is 0 Å². The zero-order valence-corrected chi connectivity index (χ0v) is 13.8. The number of nitrogens with two attached hydrogens (primary N) is 1. The second kappa shape index (κ2) is 5.24. The molecule has 1 atom stereocenters. The van der Waals surface area contributed by atoms with E-state index >= 15 is 0 Å². The molecular formula is C18H19ClN2O2. The van der Waals surface area contributed by atoms with Crippen LogP contribution in [-0.4, -0.2) is 13.3 Å². The van der Waals surface area contributed by atoms with Gasteiger partial charge >= 0.3 is 0 Å². The topological polar surface area (TPSA) is 47.7 Å². The van der Waals surface area contributed by atoms with Crippen LogP contribution < -0.4 is 20.1 Å². The summed E-state index contributed by atoms with van der Waals surface area (Å²) in [4.78, 5) is 2.40. The molecule has 0 spiro atoms. The normalized spacial score (nSPS) is 22.6. The Labute approximate surface area is 140 Å². The van der Waals surface area contributed by atoms with Gasteiger partial charge in [-0.3, -0.25) is 0 Å². The molecular weight excluding hydrogens is 312 g/mol. The molecule has 2 N–H and O–H groups in total. The van der Waals surface area contributed by atoms with Crippen LogP contribution >= 0.6 is 11.6 Å². The van der Waals surface area contributed by atoms with Crippen molar-refractivity contribution >= 4 is 23.0 Å². The van der Waals surface area contributed by atoms with Crippen molar-refractivity contribution in [3.8, 4) is 11.5 Å². The summed E-state index contributed by atoms with van der Waals surface area (Å²) in [6, 6.07) is 12.1. The van der Waals surface area contributed by atoms with Gasteiger partial charge in [0.1, 0.15) is 0 Å². The van der Waals surface area contributed by atoms with E-state index in [1.807, 2.05) is 24.3 Å². The van der Waals surface area contributed by atoms with E-state index < -0.39 is 0 Å². The van der Waals surface area contributed by atoms with Crippen LogP contribution in [0.2, 0.25) is 5.02 Å². The van der Waals surface area contributed by atoms with Gasteiger partial charge in [0.25, 0.3) is 0 Å². The largest absolute Gasteiger partial charge is 0.454 e. The fourth-order valence-electron chi connectivity index (χ4n) is 3.59. The summed E-state index contributed by atoms with van der Waals surface area (Å²) in [7, 11) is 0. The number of nitrogen functional groups attached to an aromatic ring is 1. The van der Waals surface area contributed by atoms with Crippen LogP contribution in [0.3, 0.4) is 0 Å². The van der Waals surface area contributed by atoms with Crippen LogP contribution in [0.1, 0.15) is 25.3 Å². The van der Waals surface area contributed by atoms with Crippen molar-refractivity contribution in [1.82, 2.24) is 0 Å². The molecule has 5 heteroatoms. The van der Waals surface area contributed by atoms with Gasteiger partial charge in [0.05, 0.1) is 16.2 Å². The second-order valence-electron chi connectivity index (χ2n) is 6.30. The third-order valence-electron chi connectivity index (χ3n) is 4.93. The number of anilines is 2. The van der Waals surface area contributed by atoms with Crippen LogP contribution in [0, 0.1) is 0 Å². The maximum Gasteiger partial charge on any atom is 0.231 e. The molecule has 1 saturated heterocycles. The fourth-order valence-corrected chi connectivity index (χ4v) is 3.77. The summed E-state index contributed by atoms with van der Waals surface area (Å²) in [5.41, 5.74) is 8.69. The van der Waals surface area contributed by atoms with Crippen LogP contribution in [-0.2, 0) is 5.54 Å². The first-order valence-corrected chi connectivity index (χ1v) is 8.18. The van der Waals surface area contributed by atoms with E-state index in [0.29, 0.717) is 17.5 Å². The molecule has 2 heterocycles. The summed E-state index contributed by atoms with van der Waals surface area (Å²) in [5, 5.41) is 0.599. The Hall–Kier alpha value is -2.07. The predicted molar refractivity (Wildman–Crippen MR) is 92.4 cm³/mol. The quantitative estimate of drug-likeness (QED) is 0.840. The summed E-state index contributed by atoms with van der Waals surface area (Å²) in [6.45, 7) is 3.56. The maximum absolute atomic E-state index is 6.22. The van der Waals surface area contributed by atoms with E-state index in [1.165, 1.54) is 5.56 Å². The molecule has 0 bridgehead atoms. The number of benzene rings is 2. The molecule has 2 aliphatic heterocycles. The van der Waals surface area contributed by atoms with Gasteiger partial charge in [-0.25, -0.2) is 0 Å². The standard InChI is InChI=1S/C18H19ClN2O2/c1-18(12-3-6-16-17(9-12)23-11-22-16)7-2-8-21(18)13-4-5-15(20)14(19)10-13/h3-6,9-10H,2,7-8,11,20H2,1H3. The first kappa shape index (κ1) is 14.5. The van der Waals surface area contributed by atoms with Gasteiger partial charge in [0, 0.05) is 12.2 Å². The van der Waals surface area contributed by atoms with E-state index in [-0.39, 0.29) is 5.54 Å².